The molecule has 0 heterocycles. The molecule has 64 valence electrons. The van der Waals surface area contributed by atoms with Gasteiger partial charge in [-0.05, 0) is 34.7 Å². The first-order valence-corrected chi connectivity index (χ1v) is 5.23. The lowest BCUT2D eigenvalue weighted by Gasteiger charge is -1.99. The highest BCUT2D eigenvalue weighted by atomic mass is 127. The van der Waals surface area contributed by atoms with E-state index in [0.717, 1.165) is 4.47 Å². The fourth-order valence-electron chi connectivity index (χ4n) is 0.740. The number of rotatable bonds is 2. The topological polar surface area (TPSA) is 17.1 Å². The van der Waals surface area contributed by atoms with Crippen molar-refractivity contribution in [2.24, 2.45) is 0 Å². The van der Waals surface area contributed by atoms with Crippen molar-refractivity contribution in [2.45, 2.75) is 4.18 Å². The molecule has 0 aromatic heterocycles. The fraction of sp³-hybridized carbons (Fsp3) is 0.125. The van der Waals surface area contributed by atoms with Gasteiger partial charge < -0.3 is 0 Å². The van der Waals surface area contributed by atoms with Gasteiger partial charge in [-0.1, -0.05) is 28.1 Å². The number of Topliss-reactive ketones (excluding diaryl/α,β-unsaturated/α-hetero) is 1. The first-order chi connectivity index (χ1) is 5.61. The Kier molecular flexibility index (Phi) is 3.64. The highest BCUT2D eigenvalue weighted by Gasteiger charge is 2.14. The van der Waals surface area contributed by atoms with E-state index in [-0.39, 0.29) is 0 Å². The molecular formula is C8H5BrFIO. The molecule has 12 heavy (non-hydrogen) atoms. The number of alkyl halides is 2. The minimum atomic E-state index is -1.45. The maximum absolute atomic E-state index is 12.5. The molecule has 0 radical (unpaired) electrons. The van der Waals surface area contributed by atoms with Gasteiger partial charge in [0.15, 0.2) is 0 Å². The molecule has 0 spiro atoms. The van der Waals surface area contributed by atoms with E-state index < -0.39 is 9.96 Å². The van der Waals surface area contributed by atoms with Gasteiger partial charge >= 0.3 is 0 Å². The largest absolute Gasteiger partial charge is 0.290 e. The Bertz CT molecular complexity index is 284. The Morgan fingerprint density at radius 2 is 1.92 bits per heavy atom. The van der Waals surface area contributed by atoms with Crippen molar-refractivity contribution < 1.29 is 9.18 Å². The zero-order valence-electron chi connectivity index (χ0n) is 5.93. The van der Waals surface area contributed by atoms with Crippen molar-refractivity contribution in [1.82, 2.24) is 0 Å². The van der Waals surface area contributed by atoms with Gasteiger partial charge in [0, 0.05) is 10.0 Å². The van der Waals surface area contributed by atoms with E-state index >= 15 is 0 Å². The lowest BCUT2D eigenvalue weighted by Crippen LogP contribution is -2.07. The van der Waals surface area contributed by atoms with Crippen LogP contribution in [0.1, 0.15) is 10.4 Å². The molecule has 1 aromatic carbocycles. The van der Waals surface area contributed by atoms with Gasteiger partial charge in [0.25, 0.3) is 0 Å². The van der Waals surface area contributed by atoms with Crippen LogP contribution in [0.15, 0.2) is 28.7 Å². The highest BCUT2D eigenvalue weighted by molar-refractivity contribution is 14.1. The lowest BCUT2D eigenvalue weighted by atomic mass is 10.1. The van der Waals surface area contributed by atoms with Crippen molar-refractivity contribution in [3.63, 3.8) is 0 Å². The number of hydrogen-bond donors (Lipinski definition) is 0. The molecule has 0 aliphatic rings. The van der Waals surface area contributed by atoms with Crippen molar-refractivity contribution in [3.8, 4) is 0 Å². The van der Waals surface area contributed by atoms with Crippen LogP contribution in [0, 0.1) is 0 Å². The third-order valence-electron chi connectivity index (χ3n) is 1.33. The van der Waals surface area contributed by atoms with Crippen LogP contribution < -0.4 is 0 Å². The molecule has 0 aliphatic heterocycles. The summed E-state index contributed by atoms with van der Waals surface area (Å²) in [6.45, 7) is 0. The van der Waals surface area contributed by atoms with Gasteiger partial charge in [-0.15, -0.1) is 0 Å². The summed E-state index contributed by atoms with van der Waals surface area (Å²) in [5.41, 5.74) is 0.403. The SMILES string of the molecule is O=C(c1ccc(Br)cc1)C(F)I. The van der Waals surface area contributed by atoms with Crippen molar-refractivity contribution in [3.05, 3.63) is 34.3 Å². The van der Waals surface area contributed by atoms with Crippen molar-refractivity contribution >= 4 is 44.3 Å². The second-order valence-corrected chi connectivity index (χ2v) is 4.18. The number of carbonyl (C=O) groups is 1. The normalized spacial score (nSPS) is 12.6. The van der Waals surface area contributed by atoms with Crippen LogP contribution in [0.25, 0.3) is 0 Å². The quantitative estimate of drug-likeness (QED) is 0.457. The van der Waals surface area contributed by atoms with Gasteiger partial charge in [0.1, 0.15) is 0 Å². The maximum atomic E-state index is 12.5. The Morgan fingerprint density at radius 3 is 2.33 bits per heavy atom. The van der Waals surface area contributed by atoms with Crippen LogP contribution in [0.5, 0.6) is 0 Å². The third kappa shape index (κ3) is 2.52. The molecule has 0 saturated carbocycles. The fourth-order valence-corrected chi connectivity index (χ4v) is 1.36. The van der Waals surface area contributed by atoms with E-state index in [9.17, 15) is 9.18 Å². The highest BCUT2D eigenvalue weighted by Crippen LogP contribution is 2.15. The molecule has 0 fully saturated rings. The molecule has 1 nitrogen and oxygen atoms in total. The molecule has 1 atom stereocenters. The van der Waals surface area contributed by atoms with Crippen LogP contribution in [0.4, 0.5) is 4.39 Å². The molecule has 0 N–H and O–H groups in total. The second kappa shape index (κ2) is 4.32. The van der Waals surface area contributed by atoms with E-state index in [0.29, 0.717) is 5.56 Å². The third-order valence-corrected chi connectivity index (χ3v) is 2.42. The first-order valence-electron chi connectivity index (χ1n) is 3.19. The number of hydrogen-bond acceptors (Lipinski definition) is 1. The summed E-state index contributed by atoms with van der Waals surface area (Å²) in [6, 6.07) is 6.62. The van der Waals surface area contributed by atoms with Gasteiger partial charge in [-0.25, -0.2) is 4.39 Å². The smallest absolute Gasteiger partial charge is 0.213 e. The number of halogens is 3. The van der Waals surface area contributed by atoms with Crippen LogP contribution in [0.3, 0.4) is 0 Å². The molecule has 0 bridgehead atoms. The van der Waals surface area contributed by atoms with Gasteiger partial charge in [0.2, 0.25) is 9.96 Å². The van der Waals surface area contributed by atoms with E-state index in [1.807, 2.05) is 0 Å². The predicted molar refractivity (Wildman–Crippen MR) is 57.4 cm³/mol. The summed E-state index contributed by atoms with van der Waals surface area (Å²) in [7, 11) is 0. The summed E-state index contributed by atoms with van der Waals surface area (Å²) >= 11 is 4.68. The number of carbonyl (C=O) groups excluding carboxylic acids is 1. The Hall–Kier alpha value is 0.0300. The Labute approximate surface area is 91.6 Å². The van der Waals surface area contributed by atoms with Crippen molar-refractivity contribution in [1.29, 1.82) is 0 Å². The second-order valence-electron chi connectivity index (χ2n) is 2.17. The van der Waals surface area contributed by atoms with Crippen LogP contribution in [-0.4, -0.2) is 9.96 Å². The summed E-state index contributed by atoms with van der Waals surface area (Å²) in [4.78, 5) is 11.1. The lowest BCUT2D eigenvalue weighted by molar-refractivity contribution is 0.0948. The molecule has 1 aromatic rings. The van der Waals surface area contributed by atoms with E-state index in [1.165, 1.54) is 22.6 Å². The average molecular weight is 343 g/mol. The summed E-state index contributed by atoms with van der Waals surface area (Å²) in [5, 5.41) is 0. The molecular weight excluding hydrogens is 338 g/mol. The average Bonchev–Trinajstić information content (AvgIpc) is 2.04. The Morgan fingerprint density at radius 1 is 1.42 bits per heavy atom. The monoisotopic (exact) mass is 342 g/mol. The van der Waals surface area contributed by atoms with Gasteiger partial charge in [-0.3, -0.25) is 4.79 Å². The van der Waals surface area contributed by atoms with Crippen LogP contribution in [0.2, 0.25) is 0 Å². The molecule has 1 rings (SSSR count). The van der Waals surface area contributed by atoms with Gasteiger partial charge in [0.05, 0.1) is 0 Å². The van der Waals surface area contributed by atoms with Gasteiger partial charge in [-0.2, -0.15) is 0 Å². The molecule has 0 saturated heterocycles. The summed E-state index contributed by atoms with van der Waals surface area (Å²) in [6.07, 6.45) is 0. The summed E-state index contributed by atoms with van der Waals surface area (Å²) < 4.78 is 11.9. The van der Waals surface area contributed by atoms with E-state index in [1.54, 1.807) is 24.3 Å². The number of benzene rings is 1. The first kappa shape index (κ1) is 10.1. The minimum absolute atomic E-state index is 0.403. The Balaban J connectivity index is 2.90. The van der Waals surface area contributed by atoms with Crippen molar-refractivity contribution in [2.75, 3.05) is 0 Å². The molecule has 4 heteroatoms. The maximum Gasteiger partial charge on any atom is 0.213 e. The zero-order chi connectivity index (χ0) is 9.14. The van der Waals surface area contributed by atoms with Crippen LogP contribution >= 0.6 is 38.5 Å². The molecule has 0 aliphatic carbocycles. The zero-order valence-corrected chi connectivity index (χ0v) is 9.67. The van der Waals surface area contributed by atoms with E-state index in [2.05, 4.69) is 15.9 Å². The minimum Gasteiger partial charge on any atom is -0.290 e. The van der Waals surface area contributed by atoms with E-state index in [4.69, 9.17) is 0 Å². The van der Waals surface area contributed by atoms with Crippen LogP contribution in [-0.2, 0) is 0 Å². The number of ketones is 1. The molecule has 1 unspecified atom stereocenters. The standard InChI is InChI=1S/C8H5BrFIO/c9-6-3-1-5(2-4-6)7(12)8(10)11/h1-4,8H. The molecule has 0 amide bonds. The predicted octanol–water partition coefficient (Wildman–Crippen LogP) is 3.36. The summed E-state index contributed by atoms with van der Waals surface area (Å²) in [5.74, 6) is -0.483.